The Morgan fingerprint density at radius 1 is 1.12 bits per heavy atom. The van der Waals surface area contributed by atoms with Crippen molar-refractivity contribution in [2.45, 2.75) is 111 Å². The molecular weight excluding hydrogens is 396 g/mol. The second-order valence-corrected chi connectivity index (χ2v) is 12.7. The number of esters is 1. The van der Waals surface area contributed by atoms with Crippen molar-refractivity contribution in [3.8, 4) is 0 Å². The smallest absolute Gasteiger partial charge is 0.302 e. The number of fused-ring (bicyclic) bond motifs is 5. The summed E-state index contributed by atoms with van der Waals surface area (Å²) in [7, 11) is 0. The molecule has 4 aliphatic carbocycles. The highest BCUT2D eigenvalue weighted by Gasteiger charge is 2.59. The Bertz CT molecular complexity index is 713. The summed E-state index contributed by atoms with van der Waals surface area (Å²) < 4.78 is 5.61. The van der Waals surface area contributed by atoms with E-state index in [-0.39, 0.29) is 12.1 Å². The Morgan fingerprint density at radius 3 is 2.62 bits per heavy atom. The number of carbonyl (C=O) groups excluding carboxylic acids is 1. The molecule has 3 heteroatoms. The molecule has 32 heavy (non-hydrogen) atoms. The van der Waals surface area contributed by atoms with Crippen LogP contribution in [0.3, 0.4) is 0 Å². The molecule has 4 rings (SSSR count). The first-order valence-electron chi connectivity index (χ1n) is 13.7. The van der Waals surface area contributed by atoms with Crippen molar-refractivity contribution in [2.75, 3.05) is 6.61 Å². The van der Waals surface area contributed by atoms with Crippen LogP contribution in [0.5, 0.6) is 0 Å². The summed E-state index contributed by atoms with van der Waals surface area (Å²) >= 11 is 0. The fourth-order valence-electron chi connectivity index (χ4n) is 9.02. The maximum Gasteiger partial charge on any atom is 0.302 e. The van der Waals surface area contributed by atoms with Gasteiger partial charge < -0.3 is 9.84 Å². The lowest BCUT2D eigenvalue weighted by Crippen LogP contribution is -2.51. The van der Waals surface area contributed by atoms with Gasteiger partial charge in [-0.25, -0.2) is 0 Å². The standard InChI is InChI=1S/C29H48O3/c1-19(18-30)7-6-8-20(2)25-11-12-26-24-10-9-22-17-23(32-21(3)31)13-15-28(22,4)27(24)14-16-29(25,26)5/h9,19-20,23-27,30H,6-8,10-18H2,1-5H3/t19?,20-,23+,24+,25-,26+,27+,28+,29-/m1/s1. The molecule has 3 nitrogen and oxygen atoms in total. The minimum Gasteiger partial charge on any atom is -0.462 e. The maximum absolute atomic E-state index is 11.5. The summed E-state index contributed by atoms with van der Waals surface area (Å²) in [6, 6.07) is 0. The van der Waals surface area contributed by atoms with Crippen molar-refractivity contribution < 1.29 is 14.6 Å². The SMILES string of the molecule is CC(=O)O[C@H]1CC[C@@]2(C)C(=CC[C@H]3[C@@H]4CC[C@H]([C@H](C)CCCC(C)CO)[C@@]4(C)CC[C@@H]32)C1. The number of carbonyl (C=O) groups is 1. The molecule has 0 aromatic carbocycles. The summed E-state index contributed by atoms with van der Waals surface area (Å²) in [6.07, 6.45) is 16.5. The second kappa shape index (κ2) is 9.43. The molecule has 0 aliphatic heterocycles. The van der Waals surface area contributed by atoms with E-state index in [1.165, 1.54) is 57.8 Å². The van der Waals surface area contributed by atoms with Gasteiger partial charge in [0.05, 0.1) is 0 Å². The molecule has 0 amide bonds. The van der Waals surface area contributed by atoms with Gasteiger partial charge in [0.2, 0.25) is 0 Å². The first-order chi connectivity index (χ1) is 15.2. The zero-order valence-corrected chi connectivity index (χ0v) is 21.4. The van der Waals surface area contributed by atoms with E-state index in [1.807, 2.05) is 0 Å². The quantitative estimate of drug-likeness (QED) is 0.342. The lowest BCUT2D eigenvalue weighted by Gasteiger charge is -2.58. The highest BCUT2D eigenvalue weighted by molar-refractivity contribution is 5.66. The van der Waals surface area contributed by atoms with E-state index in [0.717, 1.165) is 42.4 Å². The van der Waals surface area contributed by atoms with E-state index >= 15 is 0 Å². The zero-order chi connectivity index (χ0) is 23.1. The molecule has 3 saturated carbocycles. The van der Waals surface area contributed by atoms with Crippen LogP contribution in [0.15, 0.2) is 11.6 Å². The van der Waals surface area contributed by atoms with E-state index in [9.17, 15) is 9.90 Å². The van der Waals surface area contributed by atoms with Crippen LogP contribution in [0.1, 0.15) is 105 Å². The minimum absolute atomic E-state index is 0.0995. The molecule has 182 valence electrons. The molecule has 1 N–H and O–H groups in total. The summed E-state index contributed by atoms with van der Waals surface area (Å²) in [4.78, 5) is 11.5. The predicted molar refractivity (Wildman–Crippen MR) is 130 cm³/mol. The van der Waals surface area contributed by atoms with Crippen LogP contribution < -0.4 is 0 Å². The molecular formula is C29H48O3. The molecule has 0 aromatic heterocycles. The second-order valence-electron chi connectivity index (χ2n) is 12.7. The first-order valence-corrected chi connectivity index (χ1v) is 13.7. The Balaban J connectivity index is 1.44. The number of hydrogen-bond acceptors (Lipinski definition) is 3. The van der Waals surface area contributed by atoms with Crippen molar-refractivity contribution in [2.24, 2.45) is 46.3 Å². The summed E-state index contributed by atoms with van der Waals surface area (Å²) in [5.41, 5.74) is 2.44. The fraction of sp³-hybridized carbons (Fsp3) is 0.897. The lowest BCUT2D eigenvalue weighted by atomic mass is 9.47. The predicted octanol–water partition coefficient (Wildman–Crippen LogP) is 6.93. The Hall–Kier alpha value is -0.830. The summed E-state index contributed by atoms with van der Waals surface area (Å²) in [5, 5.41) is 9.35. The van der Waals surface area contributed by atoms with Crippen LogP contribution in [-0.4, -0.2) is 23.8 Å². The fourth-order valence-corrected chi connectivity index (χ4v) is 9.02. The van der Waals surface area contributed by atoms with Crippen LogP contribution >= 0.6 is 0 Å². The Morgan fingerprint density at radius 2 is 1.91 bits per heavy atom. The monoisotopic (exact) mass is 444 g/mol. The lowest BCUT2D eigenvalue weighted by molar-refractivity contribution is -0.148. The van der Waals surface area contributed by atoms with Gasteiger partial charge in [0, 0.05) is 20.0 Å². The summed E-state index contributed by atoms with van der Waals surface area (Å²) in [5.74, 6) is 4.54. The van der Waals surface area contributed by atoms with Gasteiger partial charge in [-0.05, 0) is 97.7 Å². The Labute approximate surface area is 196 Å². The van der Waals surface area contributed by atoms with Crippen LogP contribution in [0.4, 0.5) is 0 Å². The van der Waals surface area contributed by atoms with E-state index in [2.05, 4.69) is 33.8 Å². The summed E-state index contributed by atoms with van der Waals surface area (Å²) in [6.45, 7) is 11.8. The van der Waals surface area contributed by atoms with E-state index in [1.54, 1.807) is 12.5 Å². The molecule has 0 spiro atoms. The molecule has 0 aromatic rings. The third-order valence-electron chi connectivity index (χ3n) is 10.8. The van der Waals surface area contributed by atoms with E-state index in [0.29, 0.717) is 23.4 Å². The highest BCUT2D eigenvalue weighted by Crippen LogP contribution is 2.67. The zero-order valence-electron chi connectivity index (χ0n) is 21.4. The van der Waals surface area contributed by atoms with Crippen LogP contribution in [-0.2, 0) is 9.53 Å². The van der Waals surface area contributed by atoms with Crippen LogP contribution in [0.25, 0.3) is 0 Å². The maximum atomic E-state index is 11.5. The third kappa shape index (κ3) is 4.32. The molecule has 0 radical (unpaired) electrons. The van der Waals surface area contributed by atoms with Gasteiger partial charge >= 0.3 is 5.97 Å². The first kappa shape index (κ1) is 24.3. The van der Waals surface area contributed by atoms with E-state index < -0.39 is 0 Å². The Kier molecular flexibility index (Phi) is 7.16. The number of rotatable bonds is 7. The van der Waals surface area contributed by atoms with Crippen LogP contribution in [0.2, 0.25) is 0 Å². The minimum atomic E-state index is -0.127. The van der Waals surface area contributed by atoms with Gasteiger partial charge in [0.25, 0.3) is 0 Å². The molecule has 1 unspecified atom stereocenters. The van der Waals surface area contributed by atoms with Gasteiger partial charge in [0.15, 0.2) is 0 Å². The van der Waals surface area contributed by atoms with Gasteiger partial charge in [-0.1, -0.05) is 52.2 Å². The van der Waals surface area contributed by atoms with Gasteiger partial charge in [-0.3, -0.25) is 4.79 Å². The number of aliphatic hydroxyl groups is 1. The van der Waals surface area contributed by atoms with Gasteiger partial charge in [-0.15, -0.1) is 0 Å². The van der Waals surface area contributed by atoms with Crippen molar-refractivity contribution in [3.63, 3.8) is 0 Å². The molecule has 3 fully saturated rings. The normalized spacial score (nSPS) is 42.8. The van der Waals surface area contributed by atoms with Crippen molar-refractivity contribution in [3.05, 3.63) is 11.6 Å². The van der Waals surface area contributed by atoms with Crippen molar-refractivity contribution in [1.82, 2.24) is 0 Å². The van der Waals surface area contributed by atoms with Crippen molar-refractivity contribution in [1.29, 1.82) is 0 Å². The number of ether oxygens (including phenoxy) is 1. The average molecular weight is 445 g/mol. The molecule has 9 atom stereocenters. The topological polar surface area (TPSA) is 46.5 Å². The number of allylic oxidation sites excluding steroid dienone is 1. The van der Waals surface area contributed by atoms with Crippen molar-refractivity contribution >= 4 is 5.97 Å². The van der Waals surface area contributed by atoms with Crippen LogP contribution in [0, 0.1) is 46.3 Å². The third-order valence-corrected chi connectivity index (χ3v) is 10.8. The highest BCUT2D eigenvalue weighted by atomic mass is 16.5. The number of hydrogen-bond donors (Lipinski definition) is 1. The molecule has 0 bridgehead atoms. The number of aliphatic hydroxyl groups excluding tert-OH is 1. The average Bonchev–Trinajstić information content (AvgIpc) is 3.10. The molecule has 0 heterocycles. The van der Waals surface area contributed by atoms with E-state index in [4.69, 9.17) is 4.74 Å². The van der Waals surface area contributed by atoms with Gasteiger partial charge in [-0.2, -0.15) is 0 Å². The molecule has 0 saturated heterocycles. The largest absolute Gasteiger partial charge is 0.462 e. The van der Waals surface area contributed by atoms with Gasteiger partial charge in [0.1, 0.15) is 6.10 Å². The molecule has 4 aliphatic rings.